The highest BCUT2D eigenvalue weighted by molar-refractivity contribution is 5.82. The minimum atomic E-state index is -0.601. The molecule has 1 N–H and O–H groups in total. The molecule has 5 nitrogen and oxygen atoms in total. The Labute approximate surface area is 191 Å². The molecule has 1 saturated heterocycles. The van der Waals surface area contributed by atoms with Crippen molar-refractivity contribution in [1.29, 1.82) is 0 Å². The molecule has 32 heavy (non-hydrogen) atoms. The molecule has 2 heterocycles. The SMILES string of the molecule is COC(=O)C(C)(CCCN1CCN(c2cccc(-c3ccc[nH]3)c2)CC1)c1ccccc1. The maximum Gasteiger partial charge on any atom is 0.315 e. The fourth-order valence-corrected chi connectivity index (χ4v) is 4.66. The molecular weight excluding hydrogens is 398 g/mol. The summed E-state index contributed by atoms with van der Waals surface area (Å²) in [5.41, 5.74) is 4.07. The molecule has 0 bridgehead atoms. The number of piperazine rings is 1. The first kappa shape index (κ1) is 22.2. The zero-order valence-electron chi connectivity index (χ0n) is 19.1. The van der Waals surface area contributed by atoms with Gasteiger partial charge in [-0.05, 0) is 61.7 Å². The molecule has 1 unspecified atom stereocenters. The Balaban J connectivity index is 1.31. The Morgan fingerprint density at radius 3 is 2.47 bits per heavy atom. The van der Waals surface area contributed by atoms with Crippen LogP contribution >= 0.6 is 0 Å². The van der Waals surface area contributed by atoms with Gasteiger partial charge >= 0.3 is 5.97 Å². The number of hydrogen-bond acceptors (Lipinski definition) is 4. The smallest absolute Gasteiger partial charge is 0.315 e. The largest absolute Gasteiger partial charge is 0.468 e. The first-order chi connectivity index (χ1) is 15.6. The van der Waals surface area contributed by atoms with E-state index in [0.29, 0.717) is 0 Å². The minimum absolute atomic E-state index is 0.157. The quantitative estimate of drug-likeness (QED) is 0.525. The molecular formula is C27H33N3O2. The standard InChI is InChI=1S/C27H33N3O2/c1-27(26(31)32-2,23-10-4-3-5-11-23)14-8-16-29-17-19-30(20-18-29)24-12-6-9-22(21-24)25-13-7-15-28-25/h3-7,9-13,15,21,28H,8,14,16-20H2,1-2H3. The Hall–Kier alpha value is -3.05. The number of aromatic amines is 1. The molecule has 0 aliphatic carbocycles. The fraction of sp³-hybridized carbons (Fsp3) is 0.370. The van der Waals surface area contributed by atoms with Gasteiger partial charge in [0.2, 0.25) is 0 Å². The summed E-state index contributed by atoms with van der Waals surface area (Å²) in [5.74, 6) is -0.157. The molecule has 1 fully saturated rings. The average Bonchev–Trinajstić information content (AvgIpc) is 3.40. The summed E-state index contributed by atoms with van der Waals surface area (Å²) in [7, 11) is 1.48. The molecule has 2 aromatic carbocycles. The van der Waals surface area contributed by atoms with Gasteiger partial charge in [-0.1, -0.05) is 42.5 Å². The summed E-state index contributed by atoms with van der Waals surface area (Å²) in [4.78, 5) is 20.8. The van der Waals surface area contributed by atoms with E-state index in [-0.39, 0.29) is 5.97 Å². The summed E-state index contributed by atoms with van der Waals surface area (Å²) in [6.07, 6.45) is 3.70. The van der Waals surface area contributed by atoms with Crippen LogP contribution < -0.4 is 4.90 Å². The van der Waals surface area contributed by atoms with Crippen LogP contribution in [0.1, 0.15) is 25.3 Å². The maximum atomic E-state index is 12.6. The highest BCUT2D eigenvalue weighted by Gasteiger charge is 2.36. The Bertz CT molecular complexity index is 995. The molecule has 5 heteroatoms. The van der Waals surface area contributed by atoms with Crippen LogP contribution in [0.15, 0.2) is 72.9 Å². The van der Waals surface area contributed by atoms with Gasteiger partial charge in [0.15, 0.2) is 0 Å². The molecule has 1 aliphatic rings. The van der Waals surface area contributed by atoms with Gasteiger partial charge in [0.1, 0.15) is 0 Å². The van der Waals surface area contributed by atoms with E-state index in [9.17, 15) is 4.79 Å². The summed E-state index contributed by atoms with van der Waals surface area (Å²) >= 11 is 0. The summed E-state index contributed by atoms with van der Waals surface area (Å²) in [5, 5.41) is 0. The van der Waals surface area contributed by atoms with E-state index in [0.717, 1.165) is 56.8 Å². The lowest BCUT2D eigenvalue weighted by Crippen LogP contribution is -2.47. The van der Waals surface area contributed by atoms with E-state index in [1.54, 1.807) is 0 Å². The van der Waals surface area contributed by atoms with E-state index in [2.05, 4.69) is 45.1 Å². The van der Waals surface area contributed by atoms with Gasteiger partial charge in [-0.15, -0.1) is 0 Å². The van der Waals surface area contributed by atoms with Crippen molar-refractivity contribution < 1.29 is 9.53 Å². The van der Waals surface area contributed by atoms with Crippen molar-refractivity contribution in [3.63, 3.8) is 0 Å². The molecule has 0 spiro atoms. The second kappa shape index (κ2) is 10.0. The van der Waals surface area contributed by atoms with Crippen molar-refractivity contribution in [2.24, 2.45) is 0 Å². The Morgan fingerprint density at radius 1 is 1.00 bits per heavy atom. The van der Waals surface area contributed by atoms with Crippen molar-refractivity contribution in [1.82, 2.24) is 9.88 Å². The number of H-pyrrole nitrogens is 1. The number of hydrogen-bond donors (Lipinski definition) is 1. The van der Waals surface area contributed by atoms with Gasteiger partial charge in [-0.25, -0.2) is 0 Å². The lowest BCUT2D eigenvalue weighted by atomic mass is 9.78. The third-order valence-corrected chi connectivity index (χ3v) is 6.69. The molecule has 0 radical (unpaired) electrons. The van der Waals surface area contributed by atoms with Gasteiger partial charge in [0.25, 0.3) is 0 Å². The third kappa shape index (κ3) is 4.89. The highest BCUT2D eigenvalue weighted by atomic mass is 16.5. The van der Waals surface area contributed by atoms with Crippen LogP contribution in [0.5, 0.6) is 0 Å². The Kier molecular flexibility index (Phi) is 6.96. The molecule has 0 saturated carbocycles. The zero-order valence-corrected chi connectivity index (χ0v) is 19.1. The van der Waals surface area contributed by atoms with E-state index in [4.69, 9.17) is 4.74 Å². The topological polar surface area (TPSA) is 48.6 Å². The van der Waals surface area contributed by atoms with Crippen molar-refractivity contribution in [3.8, 4) is 11.3 Å². The number of esters is 1. The normalized spacial score (nSPS) is 16.5. The monoisotopic (exact) mass is 431 g/mol. The van der Waals surface area contributed by atoms with Crippen LogP contribution in [0.3, 0.4) is 0 Å². The van der Waals surface area contributed by atoms with Crippen LogP contribution in [0.25, 0.3) is 11.3 Å². The van der Waals surface area contributed by atoms with E-state index in [1.807, 2.05) is 49.5 Å². The maximum absolute atomic E-state index is 12.6. The second-order valence-electron chi connectivity index (χ2n) is 8.76. The van der Waals surface area contributed by atoms with Gasteiger partial charge in [0, 0.05) is 43.8 Å². The molecule has 3 aromatic rings. The summed E-state index contributed by atoms with van der Waals surface area (Å²) in [6.45, 7) is 7.10. The molecule has 4 rings (SSSR count). The number of ether oxygens (including phenoxy) is 1. The van der Waals surface area contributed by atoms with E-state index in [1.165, 1.54) is 18.4 Å². The average molecular weight is 432 g/mol. The number of carbonyl (C=O) groups is 1. The van der Waals surface area contributed by atoms with Gasteiger partial charge in [-0.2, -0.15) is 0 Å². The predicted octanol–water partition coefficient (Wildman–Crippen LogP) is 4.71. The third-order valence-electron chi connectivity index (χ3n) is 6.69. The minimum Gasteiger partial charge on any atom is -0.468 e. The number of rotatable bonds is 8. The summed E-state index contributed by atoms with van der Waals surface area (Å²) in [6, 6.07) is 22.9. The lowest BCUT2D eigenvalue weighted by molar-refractivity contribution is -0.147. The van der Waals surface area contributed by atoms with Crippen molar-refractivity contribution in [3.05, 3.63) is 78.5 Å². The van der Waals surface area contributed by atoms with Gasteiger partial charge < -0.3 is 14.6 Å². The molecule has 168 valence electrons. The number of nitrogens with one attached hydrogen (secondary N) is 1. The molecule has 1 aromatic heterocycles. The van der Waals surface area contributed by atoms with Crippen LogP contribution in [0, 0.1) is 0 Å². The van der Waals surface area contributed by atoms with Crippen molar-refractivity contribution >= 4 is 11.7 Å². The molecule has 1 atom stereocenters. The fourth-order valence-electron chi connectivity index (χ4n) is 4.66. The first-order valence-corrected chi connectivity index (χ1v) is 11.5. The van der Waals surface area contributed by atoms with Crippen LogP contribution in [-0.4, -0.2) is 55.7 Å². The van der Waals surface area contributed by atoms with Gasteiger partial charge in [-0.3, -0.25) is 9.69 Å². The number of methoxy groups -OCH3 is 1. The number of carbonyl (C=O) groups excluding carboxylic acids is 1. The Morgan fingerprint density at radius 2 is 1.78 bits per heavy atom. The van der Waals surface area contributed by atoms with Crippen LogP contribution in [-0.2, 0) is 14.9 Å². The van der Waals surface area contributed by atoms with Gasteiger partial charge in [0.05, 0.1) is 12.5 Å². The van der Waals surface area contributed by atoms with Crippen molar-refractivity contribution in [2.75, 3.05) is 44.7 Å². The van der Waals surface area contributed by atoms with Crippen LogP contribution in [0.4, 0.5) is 5.69 Å². The lowest BCUT2D eigenvalue weighted by Gasteiger charge is -2.37. The molecule has 1 aliphatic heterocycles. The number of nitrogens with zero attached hydrogens (tertiary/aromatic N) is 2. The predicted molar refractivity (Wildman–Crippen MR) is 130 cm³/mol. The zero-order chi connectivity index (χ0) is 22.4. The van der Waals surface area contributed by atoms with Crippen LogP contribution in [0.2, 0.25) is 0 Å². The summed E-state index contributed by atoms with van der Waals surface area (Å²) < 4.78 is 5.15. The van der Waals surface area contributed by atoms with E-state index >= 15 is 0 Å². The van der Waals surface area contributed by atoms with E-state index < -0.39 is 5.41 Å². The molecule has 0 amide bonds. The van der Waals surface area contributed by atoms with Crippen molar-refractivity contribution in [2.45, 2.75) is 25.2 Å². The number of aromatic nitrogens is 1. The second-order valence-corrected chi connectivity index (χ2v) is 8.76. The first-order valence-electron chi connectivity index (χ1n) is 11.5. The highest BCUT2D eigenvalue weighted by Crippen LogP contribution is 2.31. The number of benzene rings is 2. The number of anilines is 1.